The van der Waals surface area contributed by atoms with Crippen LogP contribution in [-0.2, 0) is 13.0 Å². The minimum Gasteiger partial charge on any atom is -0.357 e. The molecule has 0 aliphatic rings. The molecule has 0 saturated heterocycles. The molecular weight excluding hydrogens is 455 g/mol. The number of thiazole rings is 1. The monoisotopic (exact) mass is 478 g/mol. The van der Waals surface area contributed by atoms with Crippen molar-refractivity contribution < 1.29 is 0 Å². The van der Waals surface area contributed by atoms with E-state index in [4.69, 9.17) is 11.6 Å². The molecule has 2 aromatic rings. The summed E-state index contributed by atoms with van der Waals surface area (Å²) in [4.78, 5) is 10.3. The molecule has 0 aliphatic carbocycles. The van der Waals surface area contributed by atoms with E-state index in [1.165, 1.54) is 4.88 Å². The summed E-state index contributed by atoms with van der Waals surface area (Å²) in [7, 11) is 0. The number of nitrogens with one attached hydrogen (secondary N) is 2. The molecule has 132 valence electrons. The van der Waals surface area contributed by atoms with Crippen LogP contribution < -0.4 is 10.6 Å². The van der Waals surface area contributed by atoms with Crippen LogP contribution in [0.2, 0.25) is 5.02 Å². The maximum absolute atomic E-state index is 6.18. The quantitative estimate of drug-likeness (QED) is 0.369. The Morgan fingerprint density at radius 3 is 2.62 bits per heavy atom. The number of guanidine groups is 1. The van der Waals surface area contributed by atoms with Gasteiger partial charge < -0.3 is 10.6 Å². The highest BCUT2D eigenvalue weighted by atomic mass is 127. The van der Waals surface area contributed by atoms with Gasteiger partial charge in [0.25, 0.3) is 0 Å². The minimum absolute atomic E-state index is 0. The Labute approximate surface area is 170 Å². The van der Waals surface area contributed by atoms with Crippen LogP contribution in [0.25, 0.3) is 0 Å². The summed E-state index contributed by atoms with van der Waals surface area (Å²) in [6.45, 7) is 8.39. The first-order valence-corrected chi connectivity index (χ1v) is 8.98. The van der Waals surface area contributed by atoms with Gasteiger partial charge in [-0.05, 0) is 38.8 Å². The van der Waals surface area contributed by atoms with Crippen LogP contribution in [0.4, 0.5) is 0 Å². The van der Waals surface area contributed by atoms with E-state index < -0.39 is 0 Å². The normalized spacial score (nSPS) is 11.1. The molecule has 0 spiro atoms. The lowest BCUT2D eigenvalue weighted by Gasteiger charge is -2.11. The second-order valence-corrected chi connectivity index (χ2v) is 6.90. The summed E-state index contributed by atoms with van der Waals surface area (Å²) < 4.78 is 0. The second-order valence-electron chi connectivity index (χ2n) is 5.20. The van der Waals surface area contributed by atoms with E-state index in [2.05, 4.69) is 33.6 Å². The predicted octanol–water partition coefficient (Wildman–Crippen LogP) is 4.33. The minimum atomic E-state index is 0. The topological polar surface area (TPSA) is 49.3 Å². The molecule has 2 rings (SSSR count). The van der Waals surface area contributed by atoms with Gasteiger partial charge in [-0.3, -0.25) is 0 Å². The standard InChI is InChI=1S/C17H23ClN4S.HI/c1-4-19-17(21-11-16-12(2)22-13(3)23-16)20-10-9-14-7-5-6-8-15(14)18;/h5-8H,4,9-11H2,1-3H3,(H2,19,20,21);1H. The van der Waals surface area contributed by atoms with E-state index in [1.54, 1.807) is 11.3 Å². The first-order valence-electron chi connectivity index (χ1n) is 7.78. The van der Waals surface area contributed by atoms with Gasteiger partial charge in [0.1, 0.15) is 0 Å². The van der Waals surface area contributed by atoms with Gasteiger partial charge in [-0.2, -0.15) is 0 Å². The van der Waals surface area contributed by atoms with Gasteiger partial charge in [-0.25, -0.2) is 9.98 Å². The molecule has 1 heterocycles. The molecule has 0 fully saturated rings. The average molecular weight is 479 g/mol. The molecule has 0 saturated carbocycles. The average Bonchev–Trinajstić information content (AvgIpc) is 2.84. The Kier molecular flexibility index (Phi) is 9.61. The fourth-order valence-electron chi connectivity index (χ4n) is 2.23. The first kappa shape index (κ1) is 21.2. The summed E-state index contributed by atoms with van der Waals surface area (Å²) in [6.07, 6.45) is 0.864. The molecule has 0 unspecified atom stereocenters. The zero-order chi connectivity index (χ0) is 16.7. The molecule has 1 aromatic heterocycles. The van der Waals surface area contributed by atoms with Crippen LogP contribution in [0.1, 0.15) is 28.1 Å². The molecule has 4 nitrogen and oxygen atoms in total. The Balaban J connectivity index is 0.00000288. The number of halogens is 2. The van der Waals surface area contributed by atoms with Gasteiger partial charge in [0, 0.05) is 23.0 Å². The van der Waals surface area contributed by atoms with Crippen LogP contribution in [0, 0.1) is 13.8 Å². The molecule has 1 aromatic carbocycles. The number of hydrogen-bond donors (Lipinski definition) is 2. The molecule has 0 atom stereocenters. The van der Waals surface area contributed by atoms with Crippen LogP contribution in [0.5, 0.6) is 0 Å². The third-order valence-corrected chi connectivity index (χ3v) is 4.80. The summed E-state index contributed by atoms with van der Waals surface area (Å²) in [6, 6.07) is 7.93. The van der Waals surface area contributed by atoms with Crippen molar-refractivity contribution in [2.24, 2.45) is 4.99 Å². The highest BCUT2D eigenvalue weighted by Gasteiger charge is 2.05. The van der Waals surface area contributed by atoms with Crippen LogP contribution in [0.15, 0.2) is 29.3 Å². The van der Waals surface area contributed by atoms with Crippen LogP contribution in [0.3, 0.4) is 0 Å². The van der Waals surface area contributed by atoms with Gasteiger partial charge in [-0.15, -0.1) is 35.3 Å². The summed E-state index contributed by atoms with van der Waals surface area (Å²) in [5, 5.41) is 8.53. The van der Waals surface area contributed by atoms with Gasteiger partial charge in [0.05, 0.1) is 17.2 Å². The zero-order valence-electron chi connectivity index (χ0n) is 14.2. The Bertz CT molecular complexity index is 672. The molecular formula is C17H24ClIN4S. The molecule has 0 radical (unpaired) electrons. The molecule has 0 amide bonds. The lowest BCUT2D eigenvalue weighted by atomic mass is 10.1. The van der Waals surface area contributed by atoms with Crippen molar-refractivity contribution in [3.8, 4) is 0 Å². The fourth-order valence-corrected chi connectivity index (χ4v) is 3.32. The molecule has 2 N–H and O–H groups in total. The Morgan fingerprint density at radius 1 is 1.25 bits per heavy atom. The SMILES string of the molecule is CCNC(=NCc1sc(C)nc1C)NCCc1ccccc1Cl.I. The summed E-state index contributed by atoms with van der Waals surface area (Å²) >= 11 is 7.89. The number of aromatic nitrogens is 1. The van der Waals surface area contributed by atoms with Crippen molar-refractivity contribution in [2.45, 2.75) is 33.7 Å². The van der Waals surface area contributed by atoms with Gasteiger partial charge in [-0.1, -0.05) is 29.8 Å². The van der Waals surface area contributed by atoms with Gasteiger partial charge >= 0.3 is 0 Å². The lowest BCUT2D eigenvalue weighted by Crippen LogP contribution is -2.38. The largest absolute Gasteiger partial charge is 0.357 e. The third-order valence-electron chi connectivity index (χ3n) is 3.37. The third kappa shape index (κ3) is 6.57. The highest BCUT2D eigenvalue weighted by molar-refractivity contribution is 14.0. The van der Waals surface area contributed by atoms with E-state index >= 15 is 0 Å². The fraction of sp³-hybridized carbons (Fsp3) is 0.412. The van der Waals surface area contributed by atoms with Crippen molar-refractivity contribution in [1.29, 1.82) is 0 Å². The van der Waals surface area contributed by atoms with Crippen molar-refractivity contribution in [2.75, 3.05) is 13.1 Å². The smallest absolute Gasteiger partial charge is 0.191 e. The maximum Gasteiger partial charge on any atom is 0.191 e. The van der Waals surface area contributed by atoms with E-state index in [0.717, 1.165) is 46.8 Å². The number of aryl methyl sites for hydroxylation is 2. The molecule has 0 aliphatic heterocycles. The van der Waals surface area contributed by atoms with Crippen molar-refractivity contribution in [3.05, 3.63) is 50.4 Å². The Morgan fingerprint density at radius 2 is 2.00 bits per heavy atom. The zero-order valence-corrected chi connectivity index (χ0v) is 18.1. The van der Waals surface area contributed by atoms with E-state index in [1.807, 2.05) is 32.0 Å². The van der Waals surface area contributed by atoms with Crippen LogP contribution >= 0.6 is 46.9 Å². The van der Waals surface area contributed by atoms with Crippen molar-refractivity contribution in [3.63, 3.8) is 0 Å². The number of rotatable bonds is 6. The van der Waals surface area contributed by atoms with E-state index in [-0.39, 0.29) is 24.0 Å². The number of aliphatic imine (C=N–C) groups is 1. The highest BCUT2D eigenvalue weighted by Crippen LogP contribution is 2.18. The first-order chi connectivity index (χ1) is 11.1. The predicted molar refractivity (Wildman–Crippen MR) is 115 cm³/mol. The maximum atomic E-state index is 6.18. The Hall–Kier alpha value is -0.860. The number of benzene rings is 1. The van der Waals surface area contributed by atoms with E-state index in [0.29, 0.717) is 6.54 Å². The van der Waals surface area contributed by atoms with E-state index in [9.17, 15) is 0 Å². The summed E-state index contributed by atoms with van der Waals surface area (Å²) in [5.41, 5.74) is 2.22. The molecule has 7 heteroatoms. The second kappa shape index (κ2) is 10.9. The lowest BCUT2D eigenvalue weighted by molar-refractivity contribution is 0.800. The number of nitrogens with zero attached hydrogens (tertiary/aromatic N) is 2. The molecule has 0 bridgehead atoms. The van der Waals surface area contributed by atoms with Gasteiger partial charge in [0.15, 0.2) is 5.96 Å². The van der Waals surface area contributed by atoms with Crippen molar-refractivity contribution in [1.82, 2.24) is 15.6 Å². The van der Waals surface area contributed by atoms with Crippen LogP contribution in [-0.4, -0.2) is 24.0 Å². The summed E-state index contributed by atoms with van der Waals surface area (Å²) in [5.74, 6) is 0.824. The van der Waals surface area contributed by atoms with Crippen molar-refractivity contribution >= 4 is 52.9 Å². The molecule has 24 heavy (non-hydrogen) atoms. The number of hydrogen-bond acceptors (Lipinski definition) is 3. The van der Waals surface area contributed by atoms with Gasteiger partial charge in [0.2, 0.25) is 0 Å².